The van der Waals surface area contributed by atoms with E-state index in [1.807, 2.05) is 0 Å². The molecule has 0 spiro atoms. The Labute approximate surface area is 90.8 Å². The number of rotatable bonds is 4. The summed E-state index contributed by atoms with van der Waals surface area (Å²) in [5, 5.41) is 19.2. The number of nitro groups is 1. The van der Waals surface area contributed by atoms with E-state index < -0.39 is 16.9 Å². The number of nitro benzene ring substituents is 1. The van der Waals surface area contributed by atoms with E-state index in [2.05, 4.69) is 0 Å². The molecule has 1 aromatic carbocycles. The Morgan fingerprint density at radius 1 is 1.56 bits per heavy atom. The monoisotopic (exact) mass is 225 g/mol. The summed E-state index contributed by atoms with van der Waals surface area (Å²) < 4.78 is 0. The molecule has 0 aromatic heterocycles. The number of aliphatic carboxylic acids is 1. The van der Waals surface area contributed by atoms with Crippen molar-refractivity contribution in [3.8, 4) is 0 Å². The number of nitrogens with zero attached hydrogens (tertiary/aromatic N) is 1. The maximum atomic E-state index is 10.6. The number of carbonyl (C=O) groups is 1. The van der Waals surface area contributed by atoms with Crippen LogP contribution in [0.4, 0.5) is 11.4 Å². The van der Waals surface area contributed by atoms with E-state index in [0.29, 0.717) is 5.56 Å². The van der Waals surface area contributed by atoms with Gasteiger partial charge in [-0.25, -0.2) is 0 Å². The zero-order chi connectivity index (χ0) is 12.3. The van der Waals surface area contributed by atoms with Gasteiger partial charge < -0.3 is 16.6 Å². The second kappa shape index (κ2) is 4.58. The fourth-order valence-electron chi connectivity index (χ4n) is 1.22. The van der Waals surface area contributed by atoms with Gasteiger partial charge in [0.05, 0.1) is 4.92 Å². The molecule has 0 amide bonds. The van der Waals surface area contributed by atoms with Crippen LogP contribution in [-0.4, -0.2) is 22.0 Å². The van der Waals surface area contributed by atoms with Crippen molar-refractivity contribution in [2.45, 2.75) is 12.5 Å². The lowest BCUT2D eigenvalue weighted by Crippen LogP contribution is -2.32. The Balaban J connectivity index is 2.95. The summed E-state index contributed by atoms with van der Waals surface area (Å²) in [7, 11) is 0. The van der Waals surface area contributed by atoms with Crippen molar-refractivity contribution in [2.24, 2.45) is 5.73 Å². The van der Waals surface area contributed by atoms with E-state index in [1.54, 1.807) is 0 Å². The van der Waals surface area contributed by atoms with Gasteiger partial charge in [0.15, 0.2) is 0 Å². The Kier molecular flexibility index (Phi) is 3.41. The summed E-state index contributed by atoms with van der Waals surface area (Å²) in [5.41, 5.74) is 11.0. The molecule has 5 N–H and O–H groups in total. The van der Waals surface area contributed by atoms with Gasteiger partial charge in [-0.05, 0) is 18.1 Å². The molecule has 1 aromatic rings. The third-order valence-corrected chi connectivity index (χ3v) is 2.06. The van der Waals surface area contributed by atoms with Crippen molar-refractivity contribution < 1.29 is 14.8 Å². The quantitative estimate of drug-likeness (QED) is 0.379. The number of carboxylic acid groups (broad SMARTS) is 1. The lowest BCUT2D eigenvalue weighted by molar-refractivity contribution is -0.384. The number of hydrogen-bond acceptors (Lipinski definition) is 5. The van der Waals surface area contributed by atoms with Gasteiger partial charge in [-0.15, -0.1) is 0 Å². The maximum Gasteiger partial charge on any atom is 0.320 e. The summed E-state index contributed by atoms with van der Waals surface area (Å²) in [4.78, 5) is 20.5. The Morgan fingerprint density at radius 3 is 2.69 bits per heavy atom. The molecule has 16 heavy (non-hydrogen) atoms. The third-order valence-electron chi connectivity index (χ3n) is 2.06. The normalized spacial score (nSPS) is 12.1. The van der Waals surface area contributed by atoms with Crippen LogP contribution in [0, 0.1) is 10.1 Å². The molecule has 0 saturated heterocycles. The minimum Gasteiger partial charge on any atom is -0.480 e. The summed E-state index contributed by atoms with van der Waals surface area (Å²) in [6.45, 7) is 0. The van der Waals surface area contributed by atoms with Crippen molar-refractivity contribution >= 4 is 17.3 Å². The first-order valence-electron chi connectivity index (χ1n) is 4.43. The molecule has 0 aliphatic carbocycles. The topological polar surface area (TPSA) is 132 Å². The second-order valence-corrected chi connectivity index (χ2v) is 3.30. The van der Waals surface area contributed by atoms with E-state index >= 15 is 0 Å². The molecule has 0 heterocycles. The number of nitrogens with two attached hydrogens (primary N) is 2. The van der Waals surface area contributed by atoms with Crippen molar-refractivity contribution in [3.63, 3.8) is 0 Å². The Hall–Kier alpha value is -2.15. The summed E-state index contributed by atoms with van der Waals surface area (Å²) in [6, 6.07) is 3.04. The van der Waals surface area contributed by atoms with Crippen molar-refractivity contribution in [1.29, 1.82) is 0 Å². The van der Waals surface area contributed by atoms with Crippen LogP contribution >= 0.6 is 0 Å². The highest BCUT2D eigenvalue weighted by molar-refractivity contribution is 5.73. The van der Waals surface area contributed by atoms with E-state index in [0.717, 1.165) is 0 Å². The average Bonchev–Trinajstić information content (AvgIpc) is 2.20. The van der Waals surface area contributed by atoms with Crippen LogP contribution < -0.4 is 11.5 Å². The lowest BCUT2D eigenvalue weighted by Gasteiger charge is -2.06. The molecular weight excluding hydrogens is 214 g/mol. The molecule has 0 saturated carbocycles. The summed E-state index contributed by atoms with van der Waals surface area (Å²) in [6.07, 6.45) is 0.0243. The number of anilines is 1. The molecule has 0 unspecified atom stereocenters. The first kappa shape index (κ1) is 11.9. The summed E-state index contributed by atoms with van der Waals surface area (Å²) in [5.74, 6) is -1.15. The molecule has 86 valence electrons. The average molecular weight is 225 g/mol. The molecule has 0 radical (unpaired) electrons. The van der Waals surface area contributed by atoms with Gasteiger partial charge in [0, 0.05) is 6.07 Å². The van der Waals surface area contributed by atoms with Gasteiger partial charge in [0.1, 0.15) is 11.7 Å². The van der Waals surface area contributed by atoms with Crippen molar-refractivity contribution in [3.05, 3.63) is 33.9 Å². The Morgan fingerprint density at radius 2 is 2.19 bits per heavy atom. The van der Waals surface area contributed by atoms with Crippen molar-refractivity contribution in [2.75, 3.05) is 5.73 Å². The lowest BCUT2D eigenvalue weighted by atomic mass is 10.1. The van der Waals surface area contributed by atoms with Crippen LogP contribution in [-0.2, 0) is 11.2 Å². The second-order valence-electron chi connectivity index (χ2n) is 3.30. The van der Waals surface area contributed by atoms with Gasteiger partial charge in [-0.3, -0.25) is 14.9 Å². The minimum absolute atomic E-state index is 0.0243. The Bertz CT molecular complexity index is 433. The molecule has 1 atom stereocenters. The van der Waals surface area contributed by atoms with Crippen LogP contribution in [0.1, 0.15) is 5.56 Å². The van der Waals surface area contributed by atoms with Crippen molar-refractivity contribution in [1.82, 2.24) is 0 Å². The zero-order valence-electron chi connectivity index (χ0n) is 8.29. The summed E-state index contributed by atoms with van der Waals surface area (Å²) >= 11 is 0. The molecule has 7 nitrogen and oxygen atoms in total. The molecule has 0 fully saturated rings. The smallest absolute Gasteiger partial charge is 0.320 e. The zero-order valence-corrected chi connectivity index (χ0v) is 8.29. The molecule has 0 bridgehead atoms. The van der Waals surface area contributed by atoms with Crippen LogP contribution in [0.15, 0.2) is 18.2 Å². The van der Waals surface area contributed by atoms with E-state index in [4.69, 9.17) is 16.6 Å². The van der Waals surface area contributed by atoms with Gasteiger partial charge in [-0.2, -0.15) is 0 Å². The highest BCUT2D eigenvalue weighted by atomic mass is 16.6. The van der Waals surface area contributed by atoms with Gasteiger partial charge in [0.2, 0.25) is 0 Å². The fraction of sp³-hybridized carbons (Fsp3) is 0.222. The fourth-order valence-corrected chi connectivity index (χ4v) is 1.22. The van der Waals surface area contributed by atoms with Gasteiger partial charge in [0.25, 0.3) is 5.69 Å². The number of hydrogen-bond donors (Lipinski definition) is 3. The van der Waals surface area contributed by atoms with Crippen LogP contribution in [0.25, 0.3) is 0 Å². The molecule has 0 aliphatic heterocycles. The molecule has 1 rings (SSSR count). The largest absolute Gasteiger partial charge is 0.480 e. The predicted octanol–water partition coefficient (Wildman–Crippen LogP) is 0.131. The molecule has 7 heteroatoms. The highest BCUT2D eigenvalue weighted by Gasteiger charge is 2.16. The van der Waals surface area contributed by atoms with Gasteiger partial charge >= 0.3 is 5.97 Å². The third kappa shape index (κ3) is 2.67. The number of carboxylic acids is 1. The van der Waals surface area contributed by atoms with E-state index in [-0.39, 0.29) is 17.8 Å². The number of benzene rings is 1. The van der Waals surface area contributed by atoms with E-state index in [1.165, 1.54) is 18.2 Å². The molecule has 0 aliphatic rings. The minimum atomic E-state index is -1.15. The maximum absolute atomic E-state index is 10.6. The van der Waals surface area contributed by atoms with E-state index in [9.17, 15) is 14.9 Å². The first-order chi connectivity index (χ1) is 7.41. The number of nitrogen functional groups attached to an aromatic ring is 1. The van der Waals surface area contributed by atoms with Crippen LogP contribution in [0.3, 0.4) is 0 Å². The standard InChI is InChI=1S/C9H11N3O4/c10-6-2-1-5(3-7(11)9(13)14)4-8(6)12(15)16/h1-2,4,7H,3,10-11H2,(H,13,14)/t7-/m0/s1. The molecular formula is C9H11N3O4. The SMILES string of the molecule is Nc1ccc(C[C@H](N)C(=O)O)cc1[N+](=O)[O-]. The predicted molar refractivity (Wildman–Crippen MR) is 56.8 cm³/mol. The van der Waals surface area contributed by atoms with Crippen LogP contribution in [0.2, 0.25) is 0 Å². The highest BCUT2D eigenvalue weighted by Crippen LogP contribution is 2.22. The van der Waals surface area contributed by atoms with Gasteiger partial charge in [-0.1, -0.05) is 6.07 Å². The first-order valence-corrected chi connectivity index (χ1v) is 4.43. The van der Waals surface area contributed by atoms with Crippen LogP contribution in [0.5, 0.6) is 0 Å².